The van der Waals surface area contributed by atoms with Gasteiger partial charge in [-0.25, -0.2) is 24.1 Å². The molecule has 2 aliphatic carbocycles. The molecule has 4 aliphatic rings. The Morgan fingerprint density at radius 2 is 1.83 bits per heavy atom. The Balaban J connectivity index is 1.08. The molecular weight excluding hydrogens is 447 g/mol. The fourth-order valence-electron chi connectivity index (χ4n) is 6.11. The normalized spacial score (nSPS) is 24.0. The molecule has 1 amide bonds. The van der Waals surface area contributed by atoms with Crippen molar-refractivity contribution >= 4 is 11.9 Å². The van der Waals surface area contributed by atoms with Crippen LogP contribution in [0.3, 0.4) is 0 Å². The monoisotopic (exact) mass is 480 g/mol. The van der Waals surface area contributed by atoms with Crippen molar-refractivity contribution in [1.29, 1.82) is 0 Å². The molecule has 4 fully saturated rings. The van der Waals surface area contributed by atoms with Crippen LogP contribution in [-0.2, 0) is 4.74 Å². The molecule has 2 aromatic rings. The number of hydrogen-bond acceptors (Lipinski definition) is 7. The molecule has 0 unspecified atom stereocenters. The van der Waals surface area contributed by atoms with E-state index in [0.717, 1.165) is 81.3 Å². The Hall–Kier alpha value is -2.81. The van der Waals surface area contributed by atoms with Gasteiger partial charge in [0.05, 0.1) is 12.8 Å². The lowest BCUT2D eigenvalue weighted by Gasteiger charge is -2.48. The molecule has 2 aliphatic heterocycles. The number of piperazine rings is 1. The highest BCUT2D eigenvalue weighted by Gasteiger charge is 2.51. The van der Waals surface area contributed by atoms with Gasteiger partial charge >= 0.3 is 6.09 Å². The summed E-state index contributed by atoms with van der Waals surface area (Å²) in [6.07, 6.45) is 10.6. The Morgan fingerprint density at radius 3 is 2.51 bits per heavy atom. The first-order valence-corrected chi connectivity index (χ1v) is 12.9. The van der Waals surface area contributed by atoms with Crippen LogP contribution in [0, 0.1) is 11.2 Å². The molecule has 1 spiro atoms. The lowest BCUT2D eigenvalue weighted by atomic mass is 9.78. The Labute approximate surface area is 205 Å². The molecule has 186 valence electrons. The molecule has 9 heteroatoms. The Bertz CT molecular complexity index is 1080. The summed E-state index contributed by atoms with van der Waals surface area (Å²) in [5.74, 6) is 1.84. The summed E-state index contributed by atoms with van der Waals surface area (Å²) < 4.78 is 19.3. The summed E-state index contributed by atoms with van der Waals surface area (Å²) in [4.78, 5) is 32.2. The van der Waals surface area contributed by atoms with Crippen LogP contribution in [0.2, 0.25) is 0 Å². The Morgan fingerprint density at radius 1 is 1.09 bits per heavy atom. The van der Waals surface area contributed by atoms with Crippen molar-refractivity contribution in [1.82, 2.24) is 24.8 Å². The maximum absolute atomic E-state index is 14.2. The molecule has 2 saturated carbocycles. The Kier molecular flexibility index (Phi) is 5.82. The number of nitrogens with zero attached hydrogens (tertiary/aromatic N) is 6. The number of halogens is 1. The van der Waals surface area contributed by atoms with E-state index in [4.69, 9.17) is 4.74 Å². The van der Waals surface area contributed by atoms with E-state index in [1.54, 1.807) is 6.07 Å². The lowest BCUT2D eigenvalue weighted by molar-refractivity contribution is -0.00294. The van der Waals surface area contributed by atoms with Crippen molar-refractivity contribution in [3.8, 4) is 11.1 Å². The number of anilines is 1. The zero-order chi connectivity index (χ0) is 24.0. The predicted molar refractivity (Wildman–Crippen MR) is 130 cm³/mol. The number of hydrogen-bond donors (Lipinski definition) is 0. The maximum atomic E-state index is 14.2. The van der Waals surface area contributed by atoms with E-state index in [1.807, 2.05) is 24.2 Å². The third kappa shape index (κ3) is 4.46. The van der Waals surface area contributed by atoms with Gasteiger partial charge in [0.15, 0.2) is 0 Å². The topological polar surface area (TPSA) is 74.7 Å². The first-order valence-electron chi connectivity index (χ1n) is 12.9. The highest BCUT2D eigenvalue weighted by Crippen LogP contribution is 2.47. The van der Waals surface area contributed by atoms with Gasteiger partial charge in [0.2, 0.25) is 0 Å². The van der Waals surface area contributed by atoms with Crippen molar-refractivity contribution in [3.05, 3.63) is 36.3 Å². The smallest absolute Gasteiger partial charge is 0.409 e. The van der Waals surface area contributed by atoms with E-state index in [0.29, 0.717) is 18.6 Å². The van der Waals surface area contributed by atoms with Gasteiger partial charge in [-0.1, -0.05) is 0 Å². The van der Waals surface area contributed by atoms with Gasteiger partial charge in [-0.2, -0.15) is 0 Å². The molecule has 0 aromatic carbocycles. The number of aromatic nitrogens is 3. The summed E-state index contributed by atoms with van der Waals surface area (Å²) in [6.45, 7) is 7.55. The number of ether oxygens (including phenoxy) is 1. The molecule has 0 radical (unpaired) electrons. The van der Waals surface area contributed by atoms with Crippen LogP contribution >= 0.6 is 0 Å². The fraction of sp³-hybridized carbons (Fsp3) is 0.615. The van der Waals surface area contributed by atoms with Gasteiger partial charge in [-0.05, 0) is 45.1 Å². The summed E-state index contributed by atoms with van der Waals surface area (Å²) >= 11 is 0. The summed E-state index contributed by atoms with van der Waals surface area (Å²) in [6, 6.07) is 2.11. The molecule has 0 N–H and O–H groups in total. The molecule has 6 rings (SSSR count). The quantitative estimate of drug-likeness (QED) is 0.646. The third-order valence-corrected chi connectivity index (χ3v) is 8.14. The van der Waals surface area contributed by atoms with E-state index in [-0.39, 0.29) is 17.3 Å². The van der Waals surface area contributed by atoms with Gasteiger partial charge in [-0.3, -0.25) is 4.90 Å². The highest BCUT2D eigenvalue weighted by molar-refractivity contribution is 5.75. The zero-order valence-electron chi connectivity index (χ0n) is 20.3. The molecule has 0 bridgehead atoms. The second-order valence-electron chi connectivity index (χ2n) is 10.6. The first kappa shape index (κ1) is 22.6. The SMILES string of the molecule is CCOC(=O)N1CC2(CC[C@@H](N3CCN(c4ncc(F)cc4-c4cnc(C5CC5)nc4)CC3)C2)C1. The van der Waals surface area contributed by atoms with Crippen molar-refractivity contribution in [2.75, 3.05) is 50.8 Å². The molecular formula is C26H33FN6O2. The molecule has 2 saturated heterocycles. The van der Waals surface area contributed by atoms with Gasteiger partial charge in [0.25, 0.3) is 0 Å². The van der Waals surface area contributed by atoms with E-state index >= 15 is 0 Å². The van der Waals surface area contributed by atoms with Crippen LogP contribution in [0.15, 0.2) is 24.7 Å². The third-order valence-electron chi connectivity index (χ3n) is 8.14. The van der Waals surface area contributed by atoms with Crippen LogP contribution in [0.5, 0.6) is 0 Å². The standard InChI is InChI=1S/C26H33FN6O2/c1-2-35-25(34)33-16-26(17-33)6-5-21(12-26)31-7-9-32(10-8-31)24-22(11-20(27)15-30-24)19-13-28-23(29-14-19)18-3-4-18/h11,13-15,18,21H,2-10,12,16-17H2,1H3/t21-/m1/s1. The minimum Gasteiger partial charge on any atom is -0.450 e. The lowest BCUT2D eigenvalue weighted by Crippen LogP contribution is -2.58. The molecule has 4 heterocycles. The van der Waals surface area contributed by atoms with Gasteiger partial charge < -0.3 is 14.5 Å². The van der Waals surface area contributed by atoms with Gasteiger partial charge in [0.1, 0.15) is 17.5 Å². The number of pyridine rings is 1. The number of carbonyl (C=O) groups is 1. The van der Waals surface area contributed by atoms with Gasteiger partial charge in [0, 0.05) is 80.2 Å². The van der Waals surface area contributed by atoms with Crippen molar-refractivity contribution in [2.45, 2.75) is 51.0 Å². The van der Waals surface area contributed by atoms with Crippen LogP contribution in [0.1, 0.15) is 50.8 Å². The van der Waals surface area contributed by atoms with E-state index in [1.165, 1.54) is 19.0 Å². The highest BCUT2D eigenvalue weighted by atomic mass is 19.1. The van der Waals surface area contributed by atoms with E-state index in [9.17, 15) is 9.18 Å². The maximum Gasteiger partial charge on any atom is 0.409 e. The number of rotatable bonds is 5. The average Bonchev–Trinajstić information content (AvgIpc) is 3.61. The fourth-order valence-corrected chi connectivity index (χ4v) is 6.11. The van der Waals surface area contributed by atoms with Crippen LogP contribution in [0.4, 0.5) is 15.0 Å². The predicted octanol–water partition coefficient (Wildman–Crippen LogP) is 3.69. The second kappa shape index (κ2) is 9.00. The van der Waals surface area contributed by atoms with Crippen LogP contribution in [-0.4, -0.2) is 82.8 Å². The minimum atomic E-state index is -0.345. The summed E-state index contributed by atoms with van der Waals surface area (Å²) in [7, 11) is 0. The summed E-state index contributed by atoms with van der Waals surface area (Å²) in [5.41, 5.74) is 1.84. The van der Waals surface area contributed by atoms with Crippen molar-refractivity contribution < 1.29 is 13.9 Å². The van der Waals surface area contributed by atoms with E-state index < -0.39 is 0 Å². The summed E-state index contributed by atoms with van der Waals surface area (Å²) in [5, 5.41) is 0. The molecule has 8 nitrogen and oxygen atoms in total. The van der Waals surface area contributed by atoms with Crippen molar-refractivity contribution in [3.63, 3.8) is 0 Å². The second-order valence-corrected chi connectivity index (χ2v) is 10.6. The molecule has 1 atom stereocenters. The first-order chi connectivity index (χ1) is 17.0. The van der Waals surface area contributed by atoms with Gasteiger partial charge in [-0.15, -0.1) is 0 Å². The van der Waals surface area contributed by atoms with E-state index in [2.05, 4.69) is 24.8 Å². The number of likely N-dealkylation sites (tertiary alicyclic amines) is 1. The largest absolute Gasteiger partial charge is 0.450 e. The minimum absolute atomic E-state index is 0.176. The number of amides is 1. The molecule has 35 heavy (non-hydrogen) atoms. The van der Waals surface area contributed by atoms with Crippen LogP contribution in [0.25, 0.3) is 11.1 Å². The van der Waals surface area contributed by atoms with Crippen molar-refractivity contribution in [2.24, 2.45) is 5.41 Å². The zero-order valence-corrected chi connectivity index (χ0v) is 20.3. The molecule has 2 aromatic heterocycles. The number of carbonyl (C=O) groups excluding carboxylic acids is 1. The van der Waals surface area contributed by atoms with Crippen LogP contribution < -0.4 is 4.90 Å². The average molecular weight is 481 g/mol.